The predicted octanol–water partition coefficient (Wildman–Crippen LogP) is 0.730. The van der Waals surface area contributed by atoms with Crippen LogP contribution in [-0.2, 0) is 13.5 Å². The molecule has 2 aromatic rings. The number of pyridine rings is 1. The van der Waals surface area contributed by atoms with Gasteiger partial charge in [0.1, 0.15) is 0 Å². The highest BCUT2D eigenvalue weighted by Crippen LogP contribution is 2.11. The second-order valence-corrected chi connectivity index (χ2v) is 3.38. The van der Waals surface area contributed by atoms with Crippen molar-refractivity contribution in [1.82, 2.24) is 20.1 Å². The quantitative estimate of drug-likeness (QED) is 0.776. The molecule has 0 amide bonds. The Bertz CT molecular complexity index is 433. The summed E-state index contributed by atoms with van der Waals surface area (Å²) in [6.07, 6.45) is 4.78. The van der Waals surface area contributed by atoms with Crippen molar-refractivity contribution in [2.45, 2.75) is 6.42 Å². The van der Waals surface area contributed by atoms with E-state index in [2.05, 4.69) is 21.5 Å². The molecule has 0 aliphatic heterocycles. The van der Waals surface area contributed by atoms with E-state index < -0.39 is 0 Å². The van der Waals surface area contributed by atoms with Crippen molar-refractivity contribution in [3.63, 3.8) is 0 Å². The average molecular weight is 190 g/mol. The lowest BCUT2D eigenvalue weighted by Gasteiger charge is -2.00. The maximum atomic E-state index is 4.37. The van der Waals surface area contributed by atoms with E-state index >= 15 is 0 Å². The van der Waals surface area contributed by atoms with Gasteiger partial charge in [-0.2, -0.15) is 5.10 Å². The zero-order valence-corrected chi connectivity index (χ0v) is 8.49. The van der Waals surface area contributed by atoms with E-state index in [-0.39, 0.29) is 0 Å². The summed E-state index contributed by atoms with van der Waals surface area (Å²) in [5.41, 5.74) is 2.19. The fourth-order valence-electron chi connectivity index (χ4n) is 1.50. The van der Waals surface area contributed by atoms with Gasteiger partial charge in [-0.1, -0.05) is 0 Å². The molecule has 2 heterocycles. The molecule has 0 aliphatic rings. The minimum absolute atomic E-state index is 0.943. The maximum absolute atomic E-state index is 4.37. The van der Waals surface area contributed by atoms with E-state index in [1.54, 1.807) is 4.68 Å². The molecule has 2 aromatic heterocycles. The monoisotopic (exact) mass is 190 g/mol. The van der Waals surface area contributed by atoms with Crippen molar-refractivity contribution in [1.29, 1.82) is 0 Å². The number of fused-ring (bicyclic) bond motifs is 1. The first-order valence-corrected chi connectivity index (χ1v) is 4.72. The summed E-state index contributed by atoms with van der Waals surface area (Å²) in [6.45, 7) is 0.980. The van der Waals surface area contributed by atoms with Crippen LogP contribution in [0.4, 0.5) is 0 Å². The van der Waals surface area contributed by atoms with Crippen molar-refractivity contribution < 1.29 is 0 Å². The minimum atomic E-state index is 0.943. The summed E-state index contributed by atoms with van der Waals surface area (Å²) < 4.78 is 1.79. The van der Waals surface area contributed by atoms with Crippen LogP contribution in [0, 0.1) is 0 Å². The van der Waals surface area contributed by atoms with Crippen LogP contribution >= 0.6 is 0 Å². The minimum Gasteiger partial charge on any atom is -0.319 e. The van der Waals surface area contributed by atoms with Gasteiger partial charge in [-0.25, -0.2) is 4.98 Å². The van der Waals surface area contributed by atoms with Crippen molar-refractivity contribution >= 4 is 11.0 Å². The van der Waals surface area contributed by atoms with Gasteiger partial charge in [0, 0.05) is 18.6 Å². The molecule has 0 radical (unpaired) electrons. The van der Waals surface area contributed by atoms with Gasteiger partial charge in [-0.05, 0) is 31.6 Å². The lowest BCUT2D eigenvalue weighted by Crippen LogP contribution is -2.10. The van der Waals surface area contributed by atoms with Crippen LogP contribution in [0.1, 0.15) is 5.56 Å². The van der Waals surface area contributed by atoms with E-state index in [1.165, 1.54) is 5.56 Å². The van der Waals surface area contributed by atoms with Crippen molar-refractivity contribution in [2.75, 3.05) is 13.6 Å². The molecule has 0 saturated carbocycles. The molecular weight excluding hydrogens is 176 g/mol. The first kappa shape index (κ1) is 9.15. The zero-order chi connectivity index (χ0) is 9.97. The van der Waals surface area contributed by atoms with Gasteiger partial charge >= 0.3 is 0 Å². The summed E-state index contributed by atoms with van der Waals surface area (Å²) in [6, 6.07) is 2.15. The Kier molecular flexibility index (Phi) is 2.45. The predicted molar refractivity (Wildman–Crippen MR) is 56.1 cm³/mol. The van der Waals surface area contributed by atoms with Crippen LogP contribution in [0.2, 0.25) is 0 Å². The zero-order valence-electron chi connectivity index (χ0n) is 8.49. The molecule has 14 heavy (non-hydrogen) atoms. The number of aromatic nitrogens is 3. The molecule has 74 valence electrons. The van der Waals surface area contributed by atoms with E-state index in [1.807, 2.05) is 26.5 Å². The van der Waals surface area contributed by atoms with Crippen molar-refractivity contribution in [3.8, 4) is 0 Å². The van der Waals surface area contributed by atoms with Crippen LogP contribution in [-0.4, -0.2) is 28.4 Å². The van der Waals surface area contributed by atoms with Gasteiger partial charge in [0.25, 0.3) is 0 Å². The largest absolute Gasteiger partial charge is 0.319 e. The Labute approximate surface area is 82.9 Å². The molecule has 0 spiro atoms. The first-order valence-electron chi connectivity index (χ1n) is 4.72. The number of likely N-dealkylation sites (N-methyl/N-ethyl adjacent to an activating group) is 1. The smallest absolute Gasteiger partial charge is 0.157 e. The highest BCUT2D eigenvalue weighted by atomic mass is 15.3. The molecular formula is C10H14N4. The van der Waals surface area contributed by atoms with Gasteiger partial charge in [0.05, 0.1) is 6.20 Å². The molecule has 0 saturated heterocycles. The Morgan fingerprint density at radius 1 is 1.43 bits per heavy atom. The summed E-state index contributed by atoms with van der Waals surface area (Å²) in [7, 11) is 3.86. The van der Waals surface area contributed by atoms with E-state index in [9.17, 15) is 0 Å². The van der Waals surface area contributed by atoms with E-state index in [0.717, 1.165) is 24.0 Å². The Morgan fingerprint density at radius 3 is 3.07 bits per heavy atom. The molecule has 0 atom stereocenters. The topological polar surface area (TPSA) is 42.7 Å². The first-order chi connectivity index (χ1) is 6.81. The Hall–Kier alpha value is -1.42. The van der Waals surface area contributed by atoms with Crippen LogP contribution in [0.3, 0.4) is 0 Å². The van der Waals surface area contributed by atoms with E-state index in [4.69, 9.17) is 0 Å². The van der Waals surface area contributed by atoms with Gasteiger partial charge in [0.15, 0.2) is 5.65 Å². The van der Waals surface area contributed by atoms with Gasteiger partial charge in [-0.3, -0.25) is 4.68 Å². The van der Waals surface area contributed by atoms with Crippen molar-refractivity contribution in [3.05, 3.63) is 24.0 Å². The van der Waals surface area contributed by atoms with Crippen LogP contribution in [0.15, 0.2) is 18.5 Å². The number of nitrogens with one attached hydrogen (secondary N) is 1. The number of rotatable bonds is 3. The highest BCUT2D eigenvalue weighted by Gasteiger charge is 2.01. The molecule has 0 fully saturated rings. The van der Waals surface area contributed by atoms with Crippen molar-refractivity contribution in [2.24, 2.45) is 7.05 Å². The molecule has 0 unspecified atom stereocenters. The lowest BCUT2D eigenvalue weighted by molar-refractivity contribution is 0.780. The SMILES string of the molecule is CNCCc1cnc2c(cnn2C)c1. The number of nitrogens with zero attached hydrogens (tertiary/aromatic N) is 3. The fourth-order valence-corrected chi connectivity index (χ4v) is 1.50. The van der Waals surface area contributed by atoms with Crippen LogP contribution in [0.5, 0.6) is 0 Å². The molecule has 0 bridgehead atoms. The maximum Gasteiger partial charge on any atom is 0.157 e. The molecule has 0 aromatic carbocycles. The molecule has 1 N–H and O–H groups in total. The highest BCUT2D eigenvalue weighted by molar-refractivity contribution is 5.74. The van der Waals surface area contributed by atoms with Gasteiger partial charge < -0.3 is 5.32 Å². The molecule has 2 rings (SSSR count). The van der Waals surface area contributed by atoms with E-state index in [0.29, 0.717) is 0 Å². The van der Waals surface area contributed by atoms with Gasteiger partial charge in [-0.15, -0.1) is 0 Å². The number of hydrogen-bond acceptors (Lipinski definition) is 3. The normalized spacial score (nSPS) is 11.0. The summed E-state index contributed by atoms with van der Waals surface area (Å²) in [5, 5.41) is 8.39. The number of hydrogen-bond donors (Lipinski definition) is 1. The van der Waals surface area contributed by atoms with Crippen LogP contribution < -0.4 is 5.32 Å². The van der Waals surface area contributed by atoms with Gasteiger partial charge in [0.2, 0.25) is 0 Å². The fraction of sp³-hybridized carbons (Fsp3) is 0.400. The third-order valence-electron chi connectivity index (χ3n) is 2.29. The van der Waals surface area contributed by atoms with Crippen LogP contribution in [0.25, 0.3) is 11.0 Å². The summed E-state index contributed by atoms with van der Waals surface area (Å²) in [5.74, 6) is 0. The summed E-state index contributed by atoms with van der Waals surface area (Å²) in [4.78, 5) is 4.37. The second kappa shape index (κ2) is 3.75. The third-order valence-corrected chi connectivity index (χ3v) is 2.29. The lowest BCUT2D eigenvalue weighted by atomic mass is 10.2. The third kappa shape index (κ3) is 1.61. The number of aryl methyl sites for hydroxylation is 1. The Morgan fingerprint density at radius 2 is 2.29 bits per heavy atom. The standard InChI is InChI=1S/C10H14N4/c1-11-4-3-8-5-9-7-13-14(2)10(9)12-6-8/h5-7,11H,3-4H2,1-2H3. The Balaban J connectivity index is 2.32. The molecule has 0 aliphatic carbocycles. The second-order valence-electron chi connectivity index (χ2n) is 3.38. The molecule has 4 nitrogen and oxygen atoms in total. The average Bonchev–Trinajstić information content (AvgIpc) is 2.57. The molecule has 4 heteroatoms. The summed E-state index contributed by atoms with van der Waals surface area (Å²) >= 11 is 0.